The highest BCUT2D eigenvalue weighted by molar-refractivity contribution is 6.64. The average Bonchev–Trinajstić information content (AvgIpc) is 2.48. The van der Waals surface area contributed by atoms with Gasteiger partial charge >= 0.3 is 12.6 Å². The Labute approximate surface area is 124 Å². The number of Topliss-reactive ketones (excluding diaryl/α,β-unsaturated/α-hetero) is 1. The van der Waals surface area contributed by atoms with Crippen LogP contribution >= 0.6 is 0 Å². The molecule has 0 radical (unpaired) electrons. The number of carbonyl (C=O) groups excluding carboxylic acids is 2. The van der Waals surface area contributed by atoms with Crippen LogP contribution in [-0.4, -0.2) is 44.9 Å². The molecule has 0 aliphatic carbocycles. The Morgan fingerprint density at radius 3 is 2.55 bits per heavy atom. The van der Waals surface area contributed by atoms with Gasteiger partial charge in [0.2, 0.25) is 11.5 Å². The monoisotopic (exact) mass is 316 g/mol. The molecule has 0 aliphatic heterocycles. The normalized spacial score (nSPS) is 11.2. The number of para-hydroxylation sites is 2. The van der Waals surface area contributed by atoms with Crippen molar-refractivity contribution in [3.8, 4) is 5.75 Å². The maximum absolute atomic E-state index is 12.3. The van der Waals surface area contributed by atoms with Gasteiger partial charge in [-0.2, -0.15) is 13.9 Å². The zero-order chi connectivity index (χ0) is 16.5. The SMILES string of the molecule is COCC(=O)C(=NNc1ccccc1OC(F)F)C(=O)OC. The highest BCUT2D eigenvalue weighted by Gasteiger charge is 2.21. The van der Waals surface area contributed by atoms with Gasteiger partial charge in [0.15, 0.2) is 5.75 Å². The number of ketones is 1. The molecule has 0 saturated heterocycles. The summed E-state index contributed by atoms with van der Waals surface area (Å²) in [5, 5.41) is 3.59. The second kappa shape index (κ2) is 8.67. The number of hydrogen-bond donors (Lipinski definition) is 1. The summed E-state index contributed by atoms with van der Waals surface area (Å²) in [5.41, 5.74) is 1.82. The predicted octanol–water partition coefficient (Wildman–Crippen LogP) is 1.44. The lowest BCUT2D eigenvalue weighted by atomic mass is 10.2. The van der Waals surface area contributed by atoms with Crippen molar-refractivity contribution in [2.24, 2.45) is 5.10 Å². The van der Waals surface area contributed by atoms with Gasteiger partial charge in [-0.3, -0.25) is 10.2 Å². The first-order valence-electron chi connectivity index (χ1n) is 5.97. The first-order valence-corrected chi connectivity index (χ1v) is 5.97. The summed E-state index contributed by atoms with van der Waals surface area (Å²) in [6.45, 7) is -3.41. The number of carbonyl (C=O) groups is 2. The first-order chi connectivity index (χ1) is 10.5. The first kappa shape index (κ1) is 17.5. The van der Waals surface area contributed by atoms with Crippen LogP contribution in [0, 0.1) is 0 Å². The van der Waals surface area contributed by atoms with Crippen molar-refractivity contribution in [1.82, 2.24) is 0 Å². The van der Waals surface area contributed by atoms with E-state index >= 15 is 0 Å². The number of benzene rings is 1. The van der Waals surface area contributed by atoms with Gasteiger partial charge in [-0.25, -0.2) is 4.79 Å². The summed E-state index contributed by atoms with van der Waals surface area (Å²) < 4.78 is 37.9. The van der Waals surface area contributed by atoms with Gasteiger partial charge in [0.25, 0.3) is 0 Å². The fourth-order valence-electron chi connectivity index (χ4n) is 1.39. The summed E-state index contributed by atoms with van der Waals surface area (Å²) in [6.07, 6.45) is 0. The third-order valence-corrected chi connectivity index (χ3v) is 2.31. The Morgan fingerprint density at radius 1 is 1.27 bits per heavy atom. The lowest BCUT2D eigenvalue weighted by molar-refractivity contribution is -0.133. The Balaban J connectivity index is 2.99. The molecule has 0 spiro atoms. The average molecular weight is 316 g/mol. The molecule has 1 rings (SSSR count). The van der Waals surface area contributed by atoms with Crippen molar-refractivity contribution >= 4 is 23.2 Å². The van der Waals surface area contributed by atoms with Gasteiger partial charge in [0.05, 0.1) is 12.8 Å². The number of rotatable bonds is 8. The predicted molar refractivity (Wildman–Crippen MR) is 73.0 cm³/mol. The Bertz CT molecular complexity index is 563. The minimum Gasteiger partial charge on any atom is -0.464 e. The fourth-order valence-corrected chi connectivity index (χ4v) is 1.39. The zero-order valence-electron chi connectivity index (χ0n) is 11.8. The standard InChI is InChI=1S/C13H14F2N2O5/c1-20-7-9(18)11(12(19)21-2)17-16-8-5-3-4-6-10(8)22-13(14)15/h3-6,13,16H,7H2,1-2H3. The molecule has 0 atom stereocenters. The van der Waals surface area contributed by atoms with E-state index in [2.05, 4.69) is 24.7 Å². The van der Waals surface area contributed by atoms with Crippen LogP contribution in [0.4, 0.5) is 14.5 Å². The number of esters is 1. The zero-order valence-corrected chi connectivity index (χ0v) is 11.8. The second-order valence-electron chi connectivity index (χ2n) is 3.79. The largest absolute Gasteiger partial charge is 0.464 e. The summed E-state index contributed by atoms with van der Waals surface area (Å²) in [5.74, 6) is -1.90. The van der Waals surface area contributed by atoms with Crippen molar-refractivity contribution in [2.75, 3.05) is 26.3 Å². The number of hydrogen-bond acceptors (Lipinski definition) is 7. The van der Waals surface area contributed by atoms with E-state index in [4.69, 9.17) is 0 Å². The molecule has 0 bridgehead atoms. The maximum atomic E-state index is 12.3. The Morgan fingerprint density at radius 2 is 1.95 bits per heavy atom. The van der Waals surface area contributed by atoms with Crippen molar-refractivity contribution in [3.05, 3.63) is 24.3 Å². The molecule has 9 heteroatoms. The number of anilines is 1. The number of methoxy groups -OCH3 is 2. The van der Waals surface area contributed by atoms with E-state index in [0.717, 1.165) is 7.11 Å². The van der Waals surface area contributed by atoms with E-state index in [0.29, 0.717) is 0 Å². The Hall–Kier alpha value is -2.55. The van der Waals surface area contributed by atoms with Crippen molar-refractivity contribution in [1.29, 1.82) is 0 Å². The lowest BCUT2D eigenvalue weighted by Crippen LogP contribution is -2.29. The molecule has 0 unspecified atom stereocenters. The third-order valence-electron chi connectivity index (χ3n) is 2.31. The van der Waals surface area contributed by atoms with Crippen LogP contribution in [0.15, 0.2) is 29.4 Å². The minimum absolute atomic E-state index is 0.0504. The maximum Gasteiger partial charge on any atom is 0.387 e. The molecular weight excluding hydrogens is 302 g/mol. The van der Waals surface area contributed by atoms with Crippen LogP contribution in [0.2, 0.25) is 0 Å². The highest BCUT2D eigenvalue weighted by Crippen LogP contribution is 2.25. The van der Waals surface area contributed by atoms with Crippen LogP contribution in [0.1, 0.15) is 0 Å². The van der Waals surface area contributed by atoms with Gasteiger partial charge in [0.1, 0.15) is 6.61 Å². The van der Waals surface area contributed by atoms with Crippen LogP contribution < -0.4 is 10.2 Å². The third kappa shape index (κ3) is 5.09. The molecule has 0 aromatic heterocycles. The molecule has 1 aromatic rings. The molecule has 1 aromatic carbocycles. The number of halogens is 2. The molecule has 120 valence electrons. The second-order valence-corrected chi connectivity index (χ2v) is 3.79. The summed E-state index contributed by atoms with van der Waals surface area (Å²) in [7, 11) is 2.35. The quantitative estimate of drug-likeness (QED) is 0.338. The molecule has 0 aliphatic rings. The summed E-state index contributed by atoms with van der Waals surface area (Å²) in [6, 6.07) is 5.67. The molecule has 0 heterocycles. The van der Waals surface area contributed by atoms with Gasteiger partial charge in [-0.15, -0.1) is 0 Å². The van der Waals surface area contributed by atoms with E-state index < -0.39 is 24.1 Å². The van der Waals surface area contributed by atoms with Gasteiger partial charge in [-0.05, 0) is 12.1 Å². The van der Waals surface area contributed by atoms with Crippen LogP contribution in [0.5, 0.6) is 5.75 Å². The molecule has 0 saturated carbocycles. The van der Waals surface area contributed by atoms with Crippen LogP contribution in [-0.2, 0) is 19.1 Å². The van der Waals surface area contributed by atoms with Crippen molar-refractivity contribution in [3.63, 3.8) is 0 Å². The van der Waals surface area contributed by atoms with Crippen molar-refractivity contribution in [2.45, 2.75) is 6.61 Å². The number of ether oxygens (including phenoxy) is 3. The summed E-state index contributed by atoms with van der Waals surface area (Å²) in [4.78, 5) is 23.2. The Kier molecular flexibility index (Phi) is 6.90. The number of nitrogens with zero attached hydrogens (tertiary/aromatic N) is 1. The van der Waals surface area contributed by atoms with E-state index in [-0.39, 0.29) is 18.0 Å². The van der Waals surface area contributed by atoms with E-state index in [9.17, 15) is 18.4 Å². The minimum atomic E-state index is -3.03. The van der Waals surface area contributed by atoms with Gasteiger partial charge in [-0.1, -0.05) is 12.1 Å². The molecule has 1 N–H and O–H groups in total. The molecule has 0 fully saturated rings. The van der Waals surface area contributed by atoms with Crippen molar-refractivity contribution < 1.29 is 32.6 Å². The molecule has 0 amide bonds. The van der Waals surface area contributed by atoms with E-state index in [1.54, 1.807) is 0 Å². The van der Waals surface area contributed by atoms with Gasteiger partial charge < -0.3 is 14.2 Å². The topological polar surface area (TPSA) is 86.2 Å². The van der Waals surface area contributed by atoms with E-state index in [1.807, 2.05) is 0 Å². The lowest BCUT2D eigenvalue weighted by Gasteiger charge is -2.10. The fraction of sp³-hybridized carbons (Fsp3) is 0.308. The smallest absolute Gasteiger partial charge is 0.387 e. The molecule has 7 nitrogen and oxygen atoms in total. The number of hydrazone groups is 1. The molecular formula is C13H14F2N2O5. The highest BCUT2D eigenvalue weighted by atomic mass is 19.3. The number of nitrogens with one attached hydrogen (secondary N) is 1. The van der Waals surface area contributed by atoms with Crippen LogP contribution in [0.25, 0.3) is 0 Å². The number of alkyl halides is 2. The van der Waals surface area contributed by atoms with Gasteiger partial charge in [0, 0.05) is 7.11 Å². The summed E-state index contributed by atoms with van der Waals surface area (Å²) >= 11 is 0. The van der Waals surface area contributed by atoms with Crippen LogP contribution in [0.3, 0.4) is 0 Å². The van der Waals surface area contributed by atoms with E-state index in [1.165, 1.54) is 31.4 Å². The molecule has 22 heavy (non-hydrogen) atoms.